The maximum atomic E-state index is 12.7. The van der Waals surface area contributed by atoms with Gasteiger partial charge in [-0.15, -0.1) is 0 Å². The van der Waals surface area contributed by atoms with Crippen LogP contribution in [0.5, 0.6) is 5.75 Å². The molecule has 104 valence electrons. The van der Waals surface area contributed by atoms with Gasteiger partial charge in [0.05, 0.1) is 7.11 Å². The number of carbonyl (C=O) groups is 1. The van der Waals surface area contributed by atoms with Gasteiger partial charge in [0, 0.05) is 12.7 Å². The molecule has 19 heavy (non-hydrogen) atoms. The van der Waals surface area contributed by atoms with Crippen LogP contribution in [0.15, 0.2) is 24.3 Å². The third-order valence-electron chi connectivity index (χ3n) is 4.07. The molecular formula is C16H22O3. The fourth-order valence-electron chi connectivity index (χ4n) is 2.83. The molecule has 0 aromatic heterocycles. The molecule has 3 heteroatoms. The van der Waals surface area contributed by atoms with E-state index in [4.69, 9.17) is 9.47 Å². The van der Waals surface area contributed by atoms with Gasteiger partial charge in [0.1, 0.15) is 11.4 Å². The first kappa shape index (κ1) is 14.1. The molecule has 0 heterocycles. The van der Waals surface area contributed by atoms with Crippen molar-refractivity contribution in [3.8, 4) is 5.75 Å². The second-order valence-corrected chi connectivity index (χ2v) is 5.17. The SMILES string of the molecule is COc1ccc(C(=O)C2(OC)CCCCCC2)cc1. The van der Waals surface area contributed by atoms with Crippen LogP contribution in [0, 0.1) is 0 Å². The number of carbonyl (C=O) groups excluding carboxylic acids is 1. The smallest absolute Gasteiger partial charge is 0.194 e. The molecule has 1 aromatic rings. The van der Waals surface area contributed by atoms with Crippen molar-refractivity contribution in [3.05, 3.63) is 29.8 Å². The molecule has 2 rings (SSSR count). The summed E-state index contributed by atoms with van der Waals surface area (Å²) in [6.07, 6.45) is 6.18. The first-order valence-electron chi connectivity index (χ1n) is 6.96. The van der Waals surface area contributed by atoms with Crippen molar-refractivity contribution in [3.63, 3.8) is 0 Å². The molecule has 0 radical (unpaired) electrons. The highest BCUT2D eigenvalue weighted by Gasteiger charge is 2.38. The molecule has 1 fully saturated rings. The first-order valence-corrected chi connectivity index (χ1v) is 6.96. The van der Waals surface area contributed by atoms with Crippen LogP contribution in [0.25, 0.3) is 0 Å². The number of ether oxygens (including phenoxy) is 2. The van der Waals surface area contributed by atoms with Crippen molar-refractivity contribution >= 4 is 5.78 Å². The summed E-state index contributed by atoms with van der Waals surface area (Å²) in [7, 11) is 3.28. The van der Waals surface area contributed by atoms with Crippen LogP contribution < -0.4 is 4.74 Å². The Labute approximate surface area is 114 Å². The highest BCUT2D eigenvalue weighted by Crippen LogP contribution is 2.33. The number of hydrogen-bond donors (Lipinski definition) is 0. The maximum Gasteiger partial charge on any atom is 0.194 e. The average molecular weight is 262 g/mol. The highest BCUT2D eigenvalue weighted by atomic mass is 16.5. The van der Waals surface area contributed by atoms with Crippen molar-refractivity contribution in [2.24, 2.45) is 0 Å². The predicted molar refractivity (Wildman–Crippen MR) is 74.8 cm³/mol. The van der Waals surface area contributed by atoms with Gasteiger partial charge in [0.25, 0.3) is 0 Å². The lowest BCUT2D eigenvalue weighted by Crippen LogP contribution is -2.40. The largest absolute Gasteiger partial charge is 0.497 e. The van der Waals surface area contributed by atoms with Gasteiger partial charge in [-0.05, 0) is 37.1 Å². The van der Waals surface area contributed by atoms with E-state index in [0.29, 0.717) is 5.56 Å². The molecule has 0 aliphatic heterocycles. The van der Waals surface area contributed by atoms with E-state index >= 15 is 0 Å². The summed E-state index contributed by atoms with van der Waals surface area (Å²) in [6.45, 7) is 0. The Morgan fingerprint density at radius 1 is 1.00 bits per heavy atom. The summed E-state index contributed by atoms with van der Waals surface area (Å²) in [6, 6.07) is 7.31. The zero-order valence-corrected chi connectivity index (χ0v) is 11.8. The first-order chi connectivity index (χ1) is 9.22. The van der Waals surface area contributed by atoms with Crippen LogP contribution in [-0.4, -0.2) is 25.6 Å². The molecule has 0 unspecified atom stereocenters. The van der Waals surface area contributed by atoms with Crippen molar-refractivity contribution in [2.75, 3.05) is 14.2 Å². The lowest BCUT2D eigenvalue weighted by molar-refractivity contribution is -0.00692. The number of rotatable bonds is 4. The average Bonchev–Trinajstić information content (AvgIpc) is 2.73. The molecule has 1 aliphatic rings. The molecule has 1 aliphatic carbocycles. The zero-order valence-electron chi connectivity index (χ0n) is 11.8. The van der Waals surface area contributed by atoms with E-state index in [1.165, 1.54) is 12.8 Å². The molecule has 1 aromatic carbocycles. The van der Waals surface area contributed by atoms with Crippen LogP contribution >= 0.6 is 0 Å². The lowest BCUT2D eigenvalue weighted by atomic mass is 9.86. The van der Waals surface area contributed by atoms with Gasteiger partial charge in [-0.1, -0.05) is 25.7 Å². The number of methoxy groups -OCH3 is 2. The van der Waals surface area contributed by atoms with Crippen LogP contribution in [0.3, 0.4) is 0 Å². The fourth-order valence-corrected chi connectivity index (χ4v) is 2.83. The van der Waals surface area contributed by atoms with Gasteiger partial charge in [-0.3, -0.25) is 4.79 Å². The summed E-state index contributed by atoms with van der Waals surface area (Å²) >= 11 is 0. The highest BCUT2D eigenvalue weighted by molar-refractivity contribution is 6.02. The van der Waals surface area contributed by atoms with E-state index in [1.54, 1.807) is 14.2 Å². The Bertz CT molecular complexity index is 414. The number of ketones is 1. The van der Waals surface area contributed by atoms with Crippen molar-refractivity contribution < 1.29 is 14.3 Å². The summed E-state index contributed by atoms with van der Waals surface area (Å²) in [4.78, 5) is 12.7. The zero-order chi connectivity index (χ0) is 13.7. The van der Waals surface area contributed by atoms with Gasteiger partial charge >= 0.3 is 0 Å². The topological polar surface area (TPSA) is 35.5 Å². The van der Waals surface area contributed by atoms with Gasteiger partial charge in [0.15, 0.2) is 5.78 Å². The molecule has 0 N–H and O–H groups in total. The molecule has 0 spiro atoms. The summed E-state index contributed by atoms with van der Waals surface area (Å²) < 4.78 is 10.8. The third kappa shape index (κ3) is 2.98. The molecule has 0 atom stereocenters. The van der Waals surface area contributed by atoms with Crippen molar-refractivity contribution in [1.29, 1.82) is 0 Å². The normalized spacial score (nSPS) is 18.6. The quantitative estimate of drug-likeness (QED) is 0.614. The van der Waals surface area contributed by atoms with E-state index in [0.717, 1.165) is 31.4 Å². The number of benzene rings is 1. The minimum atomic E-state index is -0.620. The van der Waals surface area contributed by atoms with Crippen molar-refractivity contribution in [1.82, 2.24) is 0 Å². The number of hydrogen-bond acceptors (Lipinski definition) is 3. The third-order valence-corrected chi connectivity index (χ3v) is 4.07. The van der Waals surface area contributed by atoms with E-state index in [9.17, 15) is 4.79 Å². The van der Waals surface area contributed by atoms with Crippen LogP contribution in [0.1, 0.15) is 48.9 Å². The van der Waals surface area contributed by atoms with Gasteiger partial charge < -0.3 is 9.47 Å². The number of Topliss-reactive ketones (excluding diaryl/α,β-unsaturated/α-hetero) is 1. The van der Waals surface area contributed by atoms with Gasteiger partial charge in [-0.25, -0.2) is 0 Å². The summed E-state index contributed by atoms with van der Waals surface area (Å²) in [5.41, 5.74) is 0.0926. The molecule has 0 amide bonds. The lowest BCUT2D eigenvalue weighted by Gasteiger charge is -2.29. The van der Waals surface area contributed by atoms with Crippen LogP contribution in [0.4, 0.5) is 0 Å². The van der Waals surface area contributed by atoms with Crippen LogP contribution in [-0.2, 0) is 4.74 Å². The molecule has 0 saturated heterocycles. The fraction of sp³-hybridized carbons (Fsp3) is 0.562. The van der Waals surface area contributed by atoms with E-state index in [1.807, 2.05) is 24.3 Å². The Kier molecular flexibility index (Phi) is 4.59. The Morgan fingerprint density at radius 3 is 2.05 bits per heavy atom. The van der Waals surface area contributed by atoms with E-state index < -0.39 is 5.60 Å². The second-order valence-electron chi connectivity index (χ2n) is 5.17. The minimum absolute atomic E-state index is 0.111. The second kappa shape index (κ2) is 6.20. The standard InChI is InChI=1S/C16H22O3/c1-18-14-9-7-13(8-10-14)15(17)16(19-2)11-5-3-4-6-12-16/h7-10H,3-6,11-12H2,1-2H3. The minimum Gasteiger partial charge on any atom is -0.497 e. The molecule has 0 bridgehead atoms. The maximum absolute atomic E-state index is 12.7. The molecular weight excluding hydrogens is 240 g/mol. The van der Waals surface area contributed by atoms with E-state index in [2.05, 4.69) is 0 Å². The predicted octanol–water partition coefficient (Wildman–Crippen LogP) is 3.62. The Hall–Kier alpha value is -1.35. The van der Waals surface area contributed by atoms with Gasteiger partial charge in [-0.2, -0.15) is 0 Å². The monoisotopic (exact) mass is 262 g/mol. The molecule has 1 saturated carbocycles. The van der Waals surface area contributed by atoms with Gasteiger partial charge in [0.2, 0.25) is 0 Å². The molecule has 3 nitrogen and oxygen atoms in total. The van der Waals surface area contributed by atoms with Crippen molar-refractivity contribution in [2.45, 2.75) is 44.1 Å². The van der Waals surface area contributed by atoms with E-state index in [-0.39, 0.29) is 5.78 Å². The van der Waals surface area contributed by atoms with Crippen LogP contribution in [0.2, 0.25) is 0 Å². The summed E-state index contributed by atoms with van der Waals surface area (Å²) in [5, 5.41) is 0. The Morgan fingerprint density at radius 2 is 1.58 bits per heavy atom. The Balaban J connectivity index is 2.23. The summed E-state index contributed by atoms with van der Waals surface area (Å²) in [5.74, 6) is 0.878.